The van der Waals surface area contributed by atoms with Crippen molar-refractivity contribution >= 4 is 47.4 Å². The highest BCUT2D eigenvalue weighted by atomic mass is 127. The first-order valence-electron chi connectivity index (χ1n) is 6.59. The van der Waals surface area contributed by atoms with Crippen LogP contribution in [-0.2, 0) is 0 Å². The lowest BCUT2D eigenvalue weighted by Gasteiger charge is -2.31. The molecule has 0 saturated carbocycles. The van der Waals surface area contributed by atoms with Crippen molar-refractivity contribution in [3.63, 3.8) is 0 Å². The van der Waals surface area contributed by atoms with Crippen LogP contribution in [0.1, 0.15) is 13.3 Å². The predicted octanol–water partition coefficient (Wildman–Crippen LogP) is 3.20. The smallest absolute Gasteiger partial charge is 0.132 e. The Morgan fingerprint density at radius 1 is 1.35 bits per heavy atom. The summed E-state index contributed by atoms with van der Waals surface area (Å²) in [4.78, 5) is 2.51. The molecule has 6 heteroatoms. The zero-order valence-corrected chi connectivity index (χ0v) is 15.5. The number of halogens is 3. The van der Waals surface area contributed by atoms with Gasteiger partial charge in [-0.25, -0.2) is 0 Å². The molecule has 1 fully saturated rings. The topological polar surface area (TPSA) is 24.5 Å². The predicted molar refractivity (Wildman–Crippen MR) is 97.7 cm³/mol. The Hall–Kier alpha value is 0.250. The van der Waals surface area contributed by atoms with Crippen LogP contribution >= 0.6 is 47.4 Å². The maximum Gasteiger partial charge on any atom is 0.132 e. The van der Waals surface area contributed by atoms with Crippen LogP contribution in [0.25, 0.3) is 0 Å². The first-order chi connectivity index (χ1) is 8.75. The van der Waals surface area contributed by atoms with Crippen LogP contribution in [0.2, 0.25) is 0 Å². The lowest BCUT2D eigenvalue weighted by Crippen LogP contribution is -2.49. The van der Waals surface area contributed by atoms with E-state index >= 15 is 0 Å². The van der Waals surface area contributed by atoms with E-state index in [9.17, 15) is 0 Å². The second-order valence-electron chi connectivity index (χ2n) is 4.79. The van der Waals surface area contributed by atoms with E-state index in [2.05, 4.69) is 45.8 Å². The lowest BCUT2D eigenvalue weighted by molar-refractivity contribution is 0.189. The van der Waals surface area contributed by atoms with Crippen molar-refractivity contribution in [2.75, 3.05) is 32.8 Å². The Labute approximate surface area is 147 Å². The average molecular weight is 433 g/mol. The second-order valence-corrected chi connectivity index (χ2v) is 5.95. The van der Waals surface area contributed by atoms with E-state index in [0.29, 0.717) is 6.04 Å². The van der Waals surface area contributed by atoms with Crippen LogP contribution in [0, 0.1) is 3.57 Å². The summed E-state index contributed by atoms with van der Waals surface area (Å²) < 4.78 is 6.99. The molecule has 116 valence electrons. The number of nitrogens with zero attached hydrogens (tertiary/aromatic N) is 1. The van der Waals surface area contributed by atoms with Crippen LogP contribution in [0.15, 0.2) is 24.3 Å². The van der Waals surface area contributed by atoms with Gasteiger partial charge in [-0.05, 0) is 48.1 Å². The molecule has 0 radical (unpaired) electrons. The number of benzene rings is 1. The number of piperazine rings is 1. The normalized spacial score (nSPS) is 18.8. The Kier molecular flexibility index (Phi) is 11.0. The first-order valence-corrected chi connectivity index (χ1v) is 7.66. The van der Waals surface area contributed by atoms with Gasteiger partial charge in [-0.15, -0.1) is 24.8 Å². The Morgan fingerprint density at radius 2 is 2.10 bits per heavy atom. The molecule has 0 aromatic heterocycles. The van der Waals surface area contributed by atoms with Crippen molar-refractivity contribution in [2.24, 2.45) is 0 Å². The van der Waals surface area contributed by atoms with Gasteiger partial charge in [0.1, 0.15) is 5.75 Å². The van der Waals surface area contributed by atoms with Gasteiger partial charge >= 0.3 is 0 Å². The van der Waals surface area contributed by atoms with E-state index in [1.807, 2.05) is 18.2 Å². The molecule has 1 aromatic rings. The van der Waals surface area contributed by atoms with Crippen molar-refractivity contribution in [1.82, 2.24) is 10.2 Å². The van der Waals surface area contributed by atoms with Crippen molar-refractivity contribution in [3.8, 4) is 5.75 Å². The SMILES string of the molecule is C[C@H]1CN(CCCOc2ccccc2I)CCN1.Cl.Cl. The maximum atomic E-state index is 5.80. The highest BCUT2D eigenvalue weighted by molar-refractivity contribution is 14.1. The quantitative estimate of drug-likeness (QED) is 0.571. The third kappa shape index (κ3) is 6.80. The molecule has 1 aliphatic heterocycles. The third-order valence-corrected chi connectivity index (χ3v) is 4.06. The molecule has 0 bridgehead atoms. The first kappa shape index (κ1) is 20.2. The molecule has 1 N–H and O–H groups in total. The van der Waals surface area contributed by atoms with Gasteiger partial charge in [-0.2, -0.15) is 0 Å². The molecule has 0 spiro atoms. The number of rotatable bonds is 5. The minimum atomic E-state index is 0. The van der Waals surface area contributed by atoms with Gasteiger partial charge in [0.2, 0.25) is 0 Å². The van der Waals surface area contributed by atoms with Crippen LogP contribution in [0.3, 0.4) is 0 Å². The zero-order chi connectivity index (χ0) is 12.8. The standard InChI is InChI=1S/C14H21IN2O.2ClH/c1-12-11-17(9-7-16-12)8-4-10-18-14-6-3-2-5-13(14)15;;/h2-3,5-6,12,16H,4,7-11H2,1H3;2*1H/t12-;;/m0../s1. The van der Waals surface area contributed by atoms with E-state index < -0.39 is 0 Å². The molecule has 0 aliphatic carbocycles. The van der Waals surface area contributed by atoms with Gasteiger partial charge in [-0.3, -0.25) is 0 Å². The molecular formula is C14H23Cl2IN2O. The summed E-state index contributed by atoms with van der Waals surface area (Å²) in [5, 5.41) is 3.46. The Balaban J connectivity index is 0.00000180. The van der Waals surface area contributed by atoms with E-state index in [4.69, 9.17) is 4.74 Å². The molecule has 1 heterocycles. The van der Waals surface area contributed by atoms with Gasteiger partial charge in [0.15, 0.2) is 0 Å². The van der Waals surface area contributed by atoms with E-state index in [1.54, 1.807) is 0 Å². The van der Waals surface area contributed by atoms with Crippen LogP contribution in [-0.4, -0.2) is 43.7 Å². The summed E-state index contributed by atoms with van der Waals surface area (Å²) in [5.41, 5.74) is 0. The van der Waals surface area contributed by atoms with Gasteiger partial charge in [0, 0.05) is 32.2 Å². The Bertz CT molecular complexity index is 382. The van der Waals surface area contributed by atoms with Crippen LogP contribution < -0.4 is 10.1 Å². The fraction of sp³-hybridized carbons (Fsp3) is 0.571. The number of ether oxygens (including phenoxy) is 1. The summed E-state index contributed by atoms with van der Waals surface area (Å²) >= 11 is 2.31. The Morgan fingerprint density at radius 3 is 2.80 bits per heavy atom. The molecule has 1 atom stereocenters. The zero-order valence-electron chi connectivity index (χ0n) is 11.7. The van der Waals surface area contributed by atoms with Gasteiger partial charge in [-0.1, -0.05) is 12.1 Å². The molecule has 20 heavy (non-hydrogen) atoms. The summed E-state index contributed by atoms with van der Waals surface area (Å²) in [6.07, 6.45) is 1.09. The number of nitrogens with one attached hydrogen (secondary N) is 1. The molecule has 1 aliphatic rings. The fourth-order valence-corrected chi connectivity index (χ4v) is 2.79. The van der Waals surface area contributed by atoms with Crippen molar-refractivity contribution in [2.45, 2.75) is 19.4 Å². The summed E-state index contributed by atoms with van der Waals surface area (Å²) in [6.45, 7) is 7.61. The minimum absolute atomic E-state index is 0. The average Bonchev–Trinajstić information content (AvgIpc) is 2.37. The molecule has 0 unspecified atom stereocenters. The maximum absolute atomic E-state index is 5.80. The number of hydrogen-bond donors (Lipinski definition) is 1. The highest BCUT2D eigenvalue weighted by Crippen LogP contribution is 2.19. The van der Waals surface area contributed by atoms with E-state index in [0.717, 1.165) is 45.0 Å². The van der Waals surface area contributed by atoms with Crippen molar-refractivity contribution in [1.29, 1.82) is 0 Å². The van der Waals surface area contributed by atoms with E-state index in [-0.39, 0.29) is 24.8 Å². The fourth-order valence-electron chi connectivity index (χ4n) is 2.25. The minimum Gasteiger partial charge on any atom is -0.492 e. The molecular weight excluding hydrogens is 410 g/mol. The van der Waals surface area contributed by atoms with Crippen molar-refractivity contribution < 1.29 is 4.74 Å². The van der Waals surface area contributed by atoms with Gasteiger partial charge in [0.05, 0.1) is 10.2 Å². The van der Waals surface area contributed by atoms with Gasteiger partial charge < -0.3 is 15.0 Å². The molecule has 2 rings (SSSR count). The summed E-state index contributed by atoms with van der Waals surface area (Å²) in [5.74, 6) is 1.01. The monoisotopic (exact) mass is 432 g/mol. The van der Waals surface area contributed by atoms with E-state index in [1.165, 1.54) is 3.57 Å². The van der Waals surface area contributed by atoms with Crippen molar-refractivity contribution in [3.05, 3.63) is 27.8 Å². The largest absolute Gasteiger partial charge is 0.492 e. The highest BCUT2D eigenvalue weighted by Gasteiger charge is 2.14. The summed E-state index contributed by atoms with van der Waals surface area (Å²) in [7, 11) is 0. The van der Waals surface area contributed by atoms with Crippen LogP contribution in [0.5, 0.6) is 5.75 Å². The summed E-state index contributed by atoms with van der Waals surface area (Å²) in [6, 6.07) is 8.80. The molecule has 1 aromatic carbocycles. The molecule has 0 amide bonds. The molecule has 1 saturated heterocycles. The van der Waals surface area contributed by atoms with Gasteiger partial charge in [0.25, 0.3) is 0 Å². The lowest BCUT2D eigenvalue weighted by atomic mass is 10.2. The third-order valence-electron chi connectivity index (χ3n) is 3.17. The van der Waals surface area contributed by atoms with Crippen LogP contribution in [0.4, 0.5) is 0 Å². The second kappa shape index (κ2) is 10.9. The molecule has 3 nitrogen and oxygen atoms in total. The number of para-hydroxylation sites is 1. The number of hydrogen-bond acceptors (Lipinski definition) is 3.